The molecule has 0 spiro atoms. The highest BCUT2D eigenvalue weighted by atomic mass is 19.1. The number of carbonyl (C=O) groups excluding carboxylic acids is 1. The maximum Gasteiger partial charge on any atom is 0.251 e. The highest BCUT2D eigenvalue weighted by Gasteiger charge is 2.04. The first kappa shape index (κ1) is 13.8. The number of carbonyl (C=O) groups is 1. The van der Waals surface area contributed by atoms with Crippen LogP contribution in [0.5, 0.6) is 0 Å². The fourth-order valence-electron chi connectivity index (χ4n) is 1.58. The summed E-state index contributed by atoms with van der Waals surface area (Å²) < 4.78 is 12.7. The van der Waals surface area contributed by atoms with Gasteiger partial charge in [0.05, 0.1) is 11.9 Å². The van der Waals surface area contributed by atoms with Gasteiger partial charge in [-0.3, -0.25) is 4.79 Å². The summed E-state index contributed by atoms with van der Waals surface area (Å²) in [7, 11) is 0. The summed E-state index contributed by atoms with van der Waals surface area (Å²) >= 11 is 0. The third-order valence-electron chi connectivity index (χ3n) is 2.61. The molecule has 0 saturated heterocycles. The third kappa shape index (κ3) is 3.94. The summed E-state index contributed by atoms with van der Waals surface area (Å²) in [5, 5.41) is 5.77. The van der Waals surface area contributed by atoms with E-state index in [-0.39, 0.29) is 11.7 Å². The van der Waals surface area contributed by atoms with E-state index in [1.165, 1.54) is 24.3 Å². The number of nitrogen functional groups attached to an aromatic ring is 1. The van der Waals surface area contributed by atoms with Crippen molar-refractivity contribution in [3.8, 4) is 0 Å². The lowest BCUT2D eigenvalue weighted by molar-refractivity contribution is 0.0955. The molecule has 1 aromatic carbocycles. The SMILES string of the molecule is Nc1ccc(NCCNC(=O)c2ccc(F)cc2)nc1. The topological polar surface area (TPSA) is 80.0 Å². The molecule has 4 N–H and O–H groups in total. The number of anilines is 2. The highest BCUT2D eigenvalue weighted by Crippen LogP contribution is 2.05. The Hall–Kier alpha value is -2.63. The van der Waals surface area contributed by atoms with Crippen LogP contribution in [-0.2, 0) is 0 Å². The Morgan fingerprint density at radius 1 is 1.15 bits per heavy atom. The Bertz CT molecular complexity index is 569. The summed E-state index contributed by atoms with van der Waals surface area (Å²) in [6.45, 7) is 0.964. The molecule has 1 amide bonds. The number of hydrogen-bond acceptors (Lipinski definition) is 4. The molecule has 0 unspecified atom stereocenters. The average molecular weight is 274 g/mol. The lowest BCUT2D eigenvalue weighted by Gasteiger charge is -2.07. The Labute approximate surface area is 116 Å². The molecular formula is C14H15FN4O. The van der Waals surface area contributed by atoms with Gasteiger partial charge in [-0.05, 0) is 36.4 Å². The Morgan fingerprint density at radius 2 is 1.90 bits per heavy atom. The van der Waals surface area contributed by atoms with Gasteiger partial charge in [-0.1, -0.05) is 0 Å². The standard InChI is InChI=1S/C14H15FN4O/c15-11-3-1-10(2-4-11)14(20)18-8-7-17-13-6-5-12(16)9-19-13/h1-6,9H,7-8,16H2,(H,17,19)(H,18,20). The molecule has 1 heterocycles. The van der Waals surface area contributed by atoms with E-state index in [2.05, 4.69) is 15.6 Å². The van der Waals surface area contributed by atoms with E-state index in [0.29, 0.717) is 30.2 Å². The smallest absolute Gasteiger partial charge is 0.251 e. The maximum absolute atomic E-state index is 12.7. The van der Waals surface area contributed by atoms with Gasteiger partial charge in [-0.25, -0.2) is 9.37 Å². The summed E-state index contributed by atoms with van der Waals surface area (Å²) in [4.78, 5) is 15.8. The number of nitrogens with one attached hydrogen (secondary N) is 2. The lowest BCUT2D eigenvalue weighted by atomic mass is 10.2. The molecule has 2 aromatic rings. The minimum Gasteiger partial charge on any atom is -0.397 e. The number of benzene rings is 1. The van der Waals surface area contributed by atoms with E-state index in [1.807, 2.05) is 0 Å². The Morgan fingerprint density at radius 3 is 2.55 bits per heavy atom. The van der Waals surface area contributed by atoms with Crippen LogP contribution in [0.4, 0.5) is 15.9 Å². The van der Waals surface area contributed by atoms with Crippen molar-refractivity contribution >= 4 is 17.4 Å². The lowest BCUT2D eigenvalue weighted by Crippen LogP contribution is -2.28. The van der Waals surface area contributed by atoms with Crippen LogP contribution in [0.15, 0.2) is 42.6 Å². The van der Waals surface area contributed by atoms with Crippen molar-refractivity contribution in [3.05, 3.63) is 54.0 Å². The fourth-order valence-corrected chi connectivity index (χ4v) is 1.58. The zero-order valence-electron chi connectivity index (χ0n) is 10.8. The molecule has 0 atom stereocenters. The number of rotatable bonds is 5. The van der Waals surface area contributed by atoms with E-state index in [9.17, 15) is 9.18 Å². The predicted octanol–water partition coefficient (Wildman–Crippen LogP) is 1.64. The molecule has 0 radical (unpaired) electrons. The Kier molecular flexibility index (Phi) is 4.49. The van der Waals surface area contributed by atoms with Gasteiger partial charge in [0.2, 0.25) is 0 Å². The van der Waals surface area contributed by atoms with Gasteiger partial charge >= 0.3 is 0 Å². The average Bonchev–Trinajstić information content (AvgIpc) is 2.46. The van der Waals surface area contributed by atoms with Crippen molar-refractivity contribution in [2.75, 3.05) is 24.1 Å². The maximum atomic E-state index is 12.7. The van der Waals surface area contributed by atoms with E-state index >= 15 is 0 Å². The van der Waals surface area contributed by atoms with Gasteiger partial charge in [0, 0.05) is 18.7 Å². The number of nitrogens with two attached hydrogens (primary N) is 1. The first-order valence-corrected chi connectivity index (χ1v) is 6.14. The van der Waals surface area contributed by atoms with Crippen molar-refractivity contribution < 1.29 is 9.18 Å². The minimum atomic E-state index is -0.363. The molecule has 1 aromatic heterocycles. The minimum absolute atomic E-state index is 0.239. The van der Waals surface area contributed by atoms with Crippen LogP contribution in [0.25, 0.3) is 0 Å². The molecular weight excluding hydrogens is 259 g/mol. The summed E-state index contributed by atoms with van der Waals surface area (Å²) in [6.07, 6.45) is 1.55. The van der Waals surface area contributed by atoms with E-state index in [0.717, 1.165) is 0 Å². The van der Waals surface area contributed by atoms with Gasteiger partial charge in [0.25, 0.3) is 5.91 Å². The van der Waals surface area contributed by atoms with Crippen molar-refractivity contribution in [1.82, 2.24) is 10.3 Å². The zero-order valence-corrected chi connectivity index (χ0v) is 10.8. The monoisotopic (exact) mass is 274 g/mol. The van der Waals surface area contributed by atoms with E-state index in [1.54, 1.807) is 18.3 Å². The van der Waals surface area contributed by atoms with Crippen molar-refractivity contribution in [2.45, 2.75) is 0 Å². The first-order valence-electron chi connectivity index (χ1n) is 6.14. The molecule has 0 saturated carbocycles. The third-order valence-corrected chi connectivity index (χ3v) is 2.61. The van der Waals surface area contributed by atoms with Gasteiger partial charge in [0.15, 0.2) is 0 Å². The van der Waals surface area contributed by atoms with Crippen LogP contribution < -0.4 is 16.4 Å². The molecule has 104 valence electrons. The summed E-state index contributed by atoms with van der Waals surface area (Å²) in [6, 6.07) is 8.90. The second kappa shape index (κ2) is 6.51. The van der Waals surface area contributed by atoms with Crippen molar-refractivity contribution in [3.63, 3.8) is 0 Å². The van der Waals surface area contributed by atoms with Crippen molar-refractivity contribution in [2.24, 2.45) is 0 Å². The molecule has 20 heavy (non-hydrogen) atoms. The normalized spacial score (nSPS) is 10.1. The van der Waals surface area contributed by atoms with Crippen LogP contribution in [0, 0.1) is 5.82 Å². The highest BCUT2D eigenvalue weighted by molar-refractivity contribution is 5.94. The van der Waals surface area contributed by atoms with Crippen LogP contribution in [0.3, 0.4) is 0 Å². The largest absolute Gasteiger partial charge is 0.397 e. The molecule has 0 aliphatic rings. The number of hydrogen-bond donors (Lipinski definition) is 3. The van der Waals surface area contributed by atoms with Crippen LogP contribution in [0.1, 0.15) is 10.4 Å². The quantitative estimate of drug-likeness (QED) is 0.724. The molecule has 5 nitrogen and oxygen atoms in total. The van der Waals surface area contributed by atoms with Crippen LogP contribution in [-0.4, -0.2) is 24.0 Å². The van der Waals surface area contributed by atoms with Gasteiger partial charge in [0.1, 0.15) is 11.6 Å². The molecule has 0 fully saturated rings. The number of halogens is 1. The van der Waals surface area contributed by atoms with E-state index in [4.69, 9.17) is 5.73 Å². The molecule has 0 aliphatic heterocycles. The Balaban J connectivity index is 1.74. The van der Waals surface area contributed by atoms with E-state index < -0.39 is 0 Å². The molecule has 2 rings (SSSR count). The van der Waals surface area contributed by atoms with Crippen LogP contribution in [0.2, 0.25) is 0 Å². The van der Waals surface area contributed by atoms with Crippen molar-refractivity contribution in [1.29, 1.82) is 0 Å². The predicted molar refractivity (Wildman–Crippen MR) is 75.9 cm³/mol. The number of amides is 1. The fraction of sp³-hybridized carbons (Fsp3) is 0.143. The zero-order chi connectivity index (χ0) is 14.4. The van der Waals surface area contributed by atoms with Crippen LogP contribution >= 0.6 is 0 Å². The molecule has 0 bridgehead atoms. The first-order chi connectivity index (χ1) is 9.65. The van der Waals surface area contributed by atoms with Gasteiger partial charge in [-0.15, -0.1) is 0 Å². The second-order valence-electron chi connectivity index (χ2n) is 4.17. The summed E-state index contributed by atoms with van der Waals surface area (Å²) in [5.41, 5.74) is 6.55. The van der Waals surface area contributed by atoms with Gasteiger partial charge < -0.3 is 16.4 Å². The number of nitrogens with zero attached hydrogens (tertiary/aromatic N) is 1. The molecule has 6 heteroatoms. The van der Waals surface area contributed by atoms with Gasteiger partial charge in [-0.2, -0.15) is 0 Å². The number of pyridine rings is 1. The molecule has 0 aliphatic carbocycles. The number of aromatic nitrogens is 1. The summed E-state index contributed by atoms with van der Waals surface area (Å²) in [5.74, 6) is 0.0879. The second-order valence-corrected chi connectivity index (χ2v) is 4.17.